The van der Waals surface area contributed by atoms with E-state index in [1.807, 2.05) is 18.2 Å². The quantitative estimate of drug-likeness (QED) is 0.645. The third kappa shape index (κ3) is 3.08. The van der Waals surface area contributed by atoms with Gasteiger partial charge in [0.1, 0.15) is 5.76 Å². The summed E-state index contributed by atoms with van der Waals surface area (Å²) >= 11 is 15.5. The van der Waals surface area contributed by atoms with Crippen LogP contribution in [0.1, 0.15) is 17.4 Å². The Balaban J connectivity index is 2.26. The van der Waals surface area contributed by atoms with Gasteiger partial charge in [-0.3, -0.25) is 5.84 Å². The van der Waals surface area contributed by atoms with Crippen molar-refractivity contribution in [2.24, 2.45) is 5.84 Å². The van der Waals surface area contributed by atoms with E-state index in [2.05, 4.69) is 21.4 Å². The number of hydrogen-bond donors (Lipinski definition) is 2. The van der Waals surface area contributed by atoms with Gasteiger partial charge in [-0.2, -0.15) is 0 Å². The van der Waals surface area contributed by atoms with Gasteiger partial charge in [0.05, 0.1) is 6.04 Å². The molecule has 0 saturated heterocycles. The van der Waals surface area contributed by atoms with E-state index in [1.54, 1.807) is 12.1 Å². The van der Waals surface area contributed by atoms with Crippen LogP contribution in [-0.2, 0) is 6.42 Å². The highest BCUT2D eigenvalue weighted by atomic mass is 79.9. The van der Waals surface area contributed by atoms with Gasteiger partial charge in [0, 0.05) is 10.0 Å². The van der Waals surface area contributed by atoms with Gasteiger partial charge in [-0.25, -0.2) is 5.43 Å². The topological polar surface area (TPSA) is 51.2 Å². The number of rotatable bonds is 4. The Bertz CT molecular complexity index is 524. The number of hydrazine groups is 1. The zero-order valence-corrected chi connectivity index (χ0v) is 12.4. The summed E-state index contributed by atoms with van der Waals surface area (Å²) < 4.78 is 6.13. The van der Waals surface area contributed by atoms with Gasteiger partial charge in [-0.15, -0.1) is 0 Å². The largest absolute Gasteiger partial charge is 0.453 e. The van der Waals surface area contributed by atoms with E-state index < -0.39 is 0 Å². The summed E-state index contributed by atoms with van der Waals surface area (Å²) in [5.41, 5.74) is 3.55. The van der Waals surface area contributed by atoms with Gasteiger partial charge in [0.2, 0.25) is 0 Å². The first kappa shape index (κ1) is 13.9. The molecule has 2 aromatic rings. The normalized spacial score (nSPS) is 12.7. The fourth-order valence-electron chi connectivity index (χ4n) is 1.69. The molecule has 18 heavy (non-hydrogen) atoms. The zero-order chi connectivity index (χ0) is 13.1. The van der Waals surface area contributed by atoms with Crippen LogP contribution in [-0.4, -0.2) is 0 Å². The molecule has 0 fully saturated rings. The van der Waals surface area contributed by atoms with Crippen molar-refractivity contribution in [2.45, 2.75) is 12.5 Å². The Morgan fingerprint density at radius 2 is 1.89 bits per heavy atom. The fraction of sp³-hybridized carbons (Fsp3) is 0.167. The standard InChI is InChI=1S/C12H11BrCl2N2O/c13-12-5-4-11(18-12)10(17-16)6-7-8(14)2-1-3-9(7)15/h1-5,10,17H,6,16H2. The second-order valence-corrected chi connectivity index (χ2v) is 5.36. The monoisotopic (exact) mass is 348 g/mol. The van der Waals surface area contributed by atoms with Crippen LogP contribution < -0.4 is 11.3 Å². The smallest absolute Gasteiger partial charge is 0.169 e. The lowest BCUT2D eigenvalue weighted by Crippen LogP contribution is -2.29. The second-order valence-electron chi connectivity index (χ2n) is 3.77. The van der Waals surface area contributed by atoms with Crippen molar-refractivity contribution in [1.82, 2.24) is 5.43 Å². The first-order valence-corrected chi connectivity index (χ1v) is 6.81. The molecule has 0 aliphatic heterocycles. The van der Waals surface area contributed by atoms with Gasteiger partial charge in [-0.05, 0) is 52.2 Å². The molecule has 0 aliphatic carbocycles. The van der Waals surface area contributed by atoms with Crippen molar-refractivity contribution in [1.29, 1.82) is 0 Å². The molecule has 0 amide bonds. The van der Waals surface area contributed by atoms with Crippen LogP contribution in [0.5, 0.6) is 0 Å². The lowest BCUT2D eigenvalue weighted by Gasteiger charge is -2.15. The molecular formula is C12H11BrCl2N2O. The maximum Gasteiger partial charge on any atom is 0.169 e. The van der Waals surface area contributed by atoms with Crippen molar-refractivity contribution >= 4 is 39.1 Å². The molecule has 1 aromatic carbocycles. The van der Waals surface area contributed by atoms with E-state index in [9.17, 15) is 0 Å². The molecule has 0 aliphatic rings. The van der Waals surface area contributed by atoms with Gasteiger partial charge in [0.25, 0.3) is 0 Å². The maximum absolute atomic E-state index is 6.13. The minimum atomic E-state index is -0.186. The average Bonchev–Trinajstić information content (AvgIpc) is 2.76. The van der Waals surface area contributed by atoms with Crippen LogP contribution >= 0.6 is 39.1 Å². The Morgan fingerprint density at radius 3 is 2.39 bits per heavy atom. The zero-order valence-electron chi connectivity index (χ0n) is 9.29. The van der Waals surface area contributed by atoms with Crippen molar-refractivity contribution in [3.05, 3.63) is 56.4 Å². The highest BCUT2D eigenvalue weighted by Gasteiger charge is 2.17. The van der Waals surface area contributed by atoms with E-state index in [0.29, 0.717) is 21.1 Å². The third-order valence-corrected chi connectivity index (χ3v) is 3.74. The van der Waals surface area contributed by atoms with Crippen LogP contribution in [0.4, 0.5) is 0 Å². The lowest BCUT2D eigenvalue weighted by atomic mass is 10.0. The summed E-state index contributed by atoms with van der Waals surface area (Å²) in [5, 5.41) is 1.24. The summed E-state index contributed by atoms with van der Waals surface area (Å²) in [7, 11) is 0. The number of benzene rings is 1. The molecule has 0 radical (unpaired) electrons. The summed E-state index contributed by atoms with van der Waals surface area (Å²) in [4.78, 5) is 0. The van der Waals surface area contributed by atoms with E-state index in [0.717, 1.165) is 11.3 Å². The molecule has 3 N–H and O–H groups in total. The number of nitrogens with one attached hydrogen (secondary N) is 1. The van der Waals surface area contributed by atoms with Gasteiger partial charge < -0.3 is 4.42 Å². The van der Waals surface area contributed by atoms with E-state index in [1.165, 1.54) is 0 Å². The van der Waals surface area contributed by atoms with Crippen molar-refractivity contribution in [3.8, 4) is 0 Å². The summed E-state index contributed by atoms with van der Waals surface area (Å²) in [6.07, 6.45) is 0.551. The molecule has 6 heteroatoms. The molecular weight excluding hydrogens is 339 g/mol. The van der Waals surface area contributed by atoms with Crippen molar-refractivity contribution in [2.75, 3.05) is 0 Å². The highest BCUT2D eigenvalue weighted by molar-refractivity contribution is 9.10. The molecule has 1 unspecified atom stereocenters. The molecule has 96 valence electrons. The molecule has 1 atom stereocenters. The molecule has 1 aromatic heterocycles. The van der Waals surface area contributed by atoms with Crippen LogP contribution in [0, 0.1) is 0 Å². The lowest BCUT2D eigenvalue weighted by molar-refractivity contribution is 0.405. The molecule has 3 nitrogen and oxygen atoms in total. The van der Waals surface area contributed by atoms with E-state index in [4.69, 9.17) is 33.5 Å². The fourth-order valence-corrected chi connectivity index (χ4v) is 2.56. The molecule has 1 heterocycles. The molecule has 2 rings (SSSR count). The SMILES string of the molecule is NNC(Cc1c(Cl)cccc1Cl)c1ccc(Br)o1. The van der Waals surface area contributed by atoms with Gasteiger partial charge >= 0.3 is 0 Å². The minimum Gasteiger partial charge on any atom is -0.453 e. The summed E-state index contributed by atoms with van der Waals surface area (Å²) in [5.74, 6) is 6.27. The number of halogens is 3. The van der Waals surface area contributed by atoms with Crippen LogP contribution in [0.25, 0.3) is 0 Å². The predicted octanol–water partition coefficient (Wildman–Crippen LogP) is 4.10. The predicted molar refractivity (Wildman–Crippen MR) is 76.6 cm³/mol. The molecule has 0 saturated carbocycles. The highest BCUT2D eigenvalue weighted by Crippen LogP contribution is 2.30. The first-order valence-electron chi connectivity index (χ1n) is 5.26. The molecule has 0 spiro atoms. The van der Waals surface area contributed by atoms with Crippen LogP contribution in [0.3, 0.4) is 0 Å². The maximum atomic E-state index is 6.13. The summed E-state index contributed by atoms with van der Waals surface area (Å²) in [6.45, 7) is 0. The van der Waals surface area contributed by atoms with E-state index in [-0.39, 0.29) is 6.04 Å². The number of furan rings is 1. The first-order chi connectivity index (χ1) is 8.61. The Kier molecular flexibility index (Phi) is 4.70. The van der Waals surface area contributed by atoms with Gasteiger partial charge in [0.15, 0.2) is 4.67 Å². The van der Waals surface area contributed by atoms with Gasteiger partial charge in [-0.1, -0.05) is 29.3 Å². The third-order valence-electron chi connectivity index (χ3n) is 2.61. The van der Waals surface area contributed by atoms with Crippen molar-refractivity contribution in [3.63, 3.8) is 0 Å². The Hall–Kier alpha value is -0.520. The number of hydrogen-bond acceptors (Lipinski definition) is 3. The van der Waals surface area contributed by atoms with E-state index >= 15 is 0 Å². The summed E-state index contributed by atoms with van der Waals surface area (Å²) in [6, 6.07) is 8.88. The number of nitrogens with two attached hydrogens (primary N) is 1. The van der Waals surface area contributed by atoms with Crippen LogP contribution in [0.15, 0.2) is 39.4 Å². The average molecular weight is 350 g/mol. The van der Waals surface area contributed by atoms with Crippen molar-refractivity contribution < 1.29 is 4.42 Å². The Morgan fingerprint density at radius 1 is 1.22 bits per heavy atom. The molecule has 0 bridgehead atoms. The second kappa shape index (κ2) is 6.08. The Labute approximate surface area is 123 Å². The van der Waals surface area contributed by atoms with Crippen LogP contribution in [0.2, 0.25) is 10.0 Å². The minimum absolute atomic E-state index is 0.186.